The van der Waals surface area contributed by atoms with E-state index in [1.165, 1.54) is 63.5 Å². The molecule has 4 rings (SSSR count). The van der Waals surface area contributed by atoms with E-state index in [9.17, 15) is 0 Å². The van der Waals surface area contributed by atoms with E-state index in [4.69, 9.17) is 5.73 Å². The summed E-state index contributed by atoms with van der Waals surface area (Å²) in [5.74, 6) is 3.35. The second kappa shape index (κ2) is 11.6. The minimum absolute atomic E-state index is 0.256. The average molecular weight is 373 g/mol. The molecule has 2 aliphatic rings. The highest BCUT2D eigenvalue weighted by atomic mass is 15.2. The van der Waals surface area contributed by atoms with E-state index in [-0.39, 0.29) is 5.95 Å². The fourth-order valence-electron chi connectivity index (χ4n) is 3.73. The third-order valence-corrected chi connectivity index (χ3v) is 5.22. The van der Waals surface area contributed by atoms with Crippen LogP contribution < -0.4 is 11.1 Å². The number of nitrogens with one attached hydrogen (secondary N) is 2. The van der Waals surface area contributed by atoms with Crippen LogP contribution in [0.2, 0.25) is 0 Å². The maximum atomic E-state index is 5.53. The van der Waals surface area contributed by atoms with Gasteiger partial charge in [-0.2, -0.15) is 10.1 Å². The van der Waals surface area contributed by atoms with Gasteiger partial charge in [-0.1, -0.05) is 65.7 Å². The van der Waals surface area contributed by atoms with Crippen molar-refractivity contribution in [1.82, 2.24) is 20.2 Å². The molecule has 6 heteroatoms. The first kappa shape index (κ1) is 21.2. The molecule has 0 aliphatic heterocycles. The molecule has 150 valence electrons. The lowest BCUT2D eigenvalue weighted by atomic mass is 9.91. The molecule has 0 saturated heterocycles. The van der Waals surface area contributed by atoms with Crippen LogP contribution in [0.3, 0.4) is 0 Å². The SMILES string of the molecule is CC.CC1CCCCC1.Nc1nccc(Nc2cc(C3CCCC3)[nH]n2)n1. The third kappa shape index (κ3) is 7.19. The summed E-state index contributed by atoms with van der Waals surface area (Å²) >= 11 is 0. The monoisotopic (exact) mass is 372 g/mol. The van der Waals surface area contributed by atoms with E-state index in [0.717, 1.165) is 11.7 Å². The number of H-pyrrole nitrogens is 1. The van der Waals surface area contributed by atoms with Gasteiger partial charge in [0.05, 0.1) is 0 Å². The largest absolute Gasteiger partial charge is 0.368 e. The normalized spacial score (nSPS) is 17.4. The number of rotatable bonds is 3. The molecular formula is C21H36N6. The summed E-state index contributed by atoms with van der Waals surface area (Å²) < 4.78 is 0. The van der Waals surface area contributed by atoms with Crippen molar-refractivity contribution >= 4 is 17.6 Å². The summed E-state index contributed by atoms with van der Waals surface area (Å²) in [5.41, 5.74) is 6.73. The maximum Gasteiger partial charge on any atom is 0.221 e. The first-order chi connectivity index (χ1) is 13.2. The van der Waals surface area contributed by atoms with Crippen LogP contribution in [0, 0.1) is 5.92 Å². The average Bonchev–Trinajstić information content (AvgIpc) is 3.36. The van der Waals surface area contributed by atoms with Gasteiger partial charge >= 0.3 is 0 Å². The fourth-order valence-corrected chi connectivity index (χ4v) is 3.73. The van der Waals surface area contributed by atoms with E-state index in [1.54, 1.807) is 12.3 Å². The molecule has 4 N–H and O–H groups in total. The number of hydrogen-bond donors (Lipinski definition) is 3. The van der Waals surface area contributed by atoms with Gasteiger partial charge in [0.15, 0.2) is 5.82 Å². The summed E-state index contributed by atoms with van der Waals surface area (Å²) in [7, 11) is 0. The Bertz CT molecular complexity index is 642. The predicted octanol–water partition coefficient (Wildman–Crippen LogP) is 5.80. The Kier molecular flexibility index (Phi) is 9.08. The first-order valence-corrected chi connectivity index (χ1v) is 10.6. The van der Waals surface area contributed by atoms with E-state index in [0.29, 0.717) is 11.7 Å². The molecule has 0 radical (unpaired) electrons. The molecule has 6 nitrogen and oxygen atoms in total. The lowest BCUT2D eigenvalue weighted by Gasteiger charge is -2.15. The Labute approximate surface area is 163 Å². The van der Waals surface area contributed by atoms with Crippen LogP contribution >= 0.6 is 0 Å². The van der Waals surface area contributed by atoms with Crippen molar-refractivity contribution in [3.8, 4) is 0 Å². The molecular weight excluding hydrogens is 336 g/mol. The van der Waals surface area contributed by atoms with Crippen molar-refractivity contribution < 1.29 is 0 Å². The molecule has 0 bridgehead atoms. The fraction of sp³-hybridized carbons (Fsp3) is 0.667. The maximum absolute atomic E-state index is 5.53. The van der Waals surface area contributed by atoms with Crippen LogP contribution in [0.1, 0.15) is 90.2 Å². The van der Waals surface area contributed by atoms with Gasteiger partial charge in [-0.3, -0.25) is 5.10 Å². The van der Waals surface area contributed by atoms with Gasteiger partial charge in [0.2, 0.25) is 5.95 Å². The Hall–Kier alpha value is -2.11. The summed E-state index contributed by atoms with van der Waals surface area (Å²) in [6, 6.07) is 3.81. The number of hydrogen-bond acceptors (Lipinski definition) is 5. The van der Waals surface area contributed by atoms with E-state index in [1.807, 2.05) is 19.9 Å². The van der Waals surface area contributed by atoms with Crippen LogP contribution in [0.15, 0.2) is 18.3 Å². The van der Waals surface area contributed by atoms with Crippen LogP contribution in [-0.2, 0) is 0 Å². The van der Waals surface area contributed by atoms with Crippen molar-refractivity contribution in [2.24, 2.45) is 5.92 Å². The zero-order valence-corrected chi connectivity index (χ0v) is 17.2. The number of nitrogens with two attached hydrogens (primary N) is 1. The molecule has 27 heavy (non-hydrogen) atoms. The third-order valence-electron chi connectivity index (χ3n) is 5.22. The lowest BCUT2D eigenvalue weighted by molar-refractivity contribution is 0.385. The highest BCUT2D eigenvalue weighted by Gasteiger charge is 2.19. The molecule has 0 atom stereocenters. The Balaban J connectivity index is 0.000000244. The lowest BCUT2D eigenvalue weighted by Crippen LogP contribution is -1.99. The van der Waals surface area contributed by atoms with Crippen LogP contribution in [0.4, 0.5) is 17.6 Å². The standard InChI is InChI=1S/C12H16N6.C7H14.C2H6/c13-12-14-6-5-10(16-12)15-11-7-9(17-18-11)8-3-1-2-4-8;1-7-5-3-2-4-6-7;1-2/h5-8H,1-4H2,(H4,13,14,15,16,17,18);7H,2-6H2,1H3;1-2H3. The van der Waals surface area contributed by atoms with Crippen molar-refractivity contribution in [3.63, 3.8) is 0 Å². The van der Waals surface area contributed by atoms with Gasteiger partial charge in [-0.25, -0.2) is 4.98 Å². The Morgan fingerprint density at radius 2 is 1.67 bits per heavy atom. The van der Waals surface area contributed by atoms with Crippen molar-refractivity contribution in [3.05, 3.63) is 24.0 Å². The first-order valence-electron chi connectivity index (χ1n) is 10.6. The van der Waals surface area contributed by atoms with Gasteiger partial charge in [-0.15, -0.1) is 0 Å². The predicted molar refractivity (Wildman–Crippen MR) is 113 cm³/mol. The molecule has 0 amide bonds. The van der Waals surface area contributed by atoms with Gasteiger partial charge in [0.1, 0.15) is 5.82 Å². The Morgan fingerprint density at radius 1 is 1.00 bits per heavy atom. The topological polar surface area (TPSA) is 92.5 Å². The molecule has 2 aromatic rings. The number of nitrogens with zero attached hydrogens (tertiary/aromatic N) is 3. The molecule has 2 heterocycles. The highest BCUT2D eigenvalue weighted by Crippen LogP contribution is 2.33. The second-order valence-corrected chi connectivity index (χ2v) is 7.36. The van der Waals surface area contributed by atoms with E-state index in [2.05, 4.69) is 32.4 Å². The van der Waals surface area contributed by atoms with Crippen molar-refractivity contribution in [1.29, 1.82) is 0 Å². The zero-order chi connectivity index (χ0) is 19.5. The van der Waals surface area contributed by atoms with Gasteiger partial charge in [0, 0.05) is 23.9 Å². The smallest absolute Gasteiger partial charge is 0.221 e. The van der Waals surface area contributed by atoms with Gasteiger partial charge < -0.3 is 11.1 Å². The van der Waals surface area contributed by atoms with E-state index >= 15 is 0 Å². The van der Waals surface area contributed by atoms with E-state index < -0.39 is 0 Å². The van der Waals surface area contributed by atoms with Crippen LogP contribution in [0.5, 0.6) is 0 Å². The summed E-state index contributed by atoms with van der Waals surface area (Å²) in [6.07, 6.45) is 14.2. The highest BCUT2D eigenvalue weighted by molar-refractivity contribution is 5.52. The van der Waals surface area contributed by atoms with Crippen molar-refractivity contribution in [2.75, 3.05) is 11.1 Å². The molecule has 2 saturated carbocycles. The van der Waals surface area contributed by atoms with Gasteiger partial charge in [-0.05, 0) is 24.8 Å². The number of nitrogen functional groups attached to an aromatic ring is 1. The zero-order valence-electron chi connectivity index (χ0n) is 17.2. The molecule has 2 aromatic heterocycles. The number of aromatic amines is 1. The molecule has 0 aromatic carbocycles. The minimum atomic E-state index is 0.256. The molecule has 0 unspecified atom stereocenters. The summed E-state index contributed by atoms with van der Waals surface area (Å²) in [6.45, 7) is 6.36. The Morgan fingerprint density at radius 3 is 2.26 bits per heavy atom. The second-order valence-electron chi connectivity index (χ2n) is 7.36. The van der Waals surface area contributed by atoms with Crippen LogP contribution in [0.25, 0.3) is 0 Å². The molecule has 0 spiro atoms. The summed E-state index contributed by atoms with van der Waals surface area (Å²) in [4.78, 5) is 7.93. The number of anilines is 3. The molecule has 2 fully saturated rings. The summed E-state index contributed by atoms with van der Waals surface area (Å²) in [5, 5.41) is 10.5. The van der Waals surface area contributed by atoms with Crippen LogP contribution in [-0.4, -0.2) is 20.2 Å². The minimum Gasteiger partial charge on any atom is -0.368 e. The number of aromatic nitrogens is 4. The van der Waals surface area contributed by atoms with Crippen molar-refractivity contribution in [2.45, 2.75) is 84.5 Å². The molecule has 2 aliphatic carbocycles. The quantitative estimate of drug-likeness (QED) is 0.633. The van der Waals surface area contributed by atoms with Gasteiger partial charge in [0.25, 0.3) is 0 Å².